The number of piperazine rings is 2. The lowest BCUT2D eigenvalue weighted by atomic mass is 10.2. The molecule has 8 nitrogen and oxygen atoms in total. The summed E-state index contributed by atoms with van der Waals surface area (Å²) in [5.74, 6) is -1.10. The molecule has 1 aromatic carbocycles. The summed E-state index contributed by atoms with van der Waals surface area (Å²) in [7, 11) is 2.12. The largest absolute Gasteiger partial charge is 0.395 e. The molecule has 8 heteroatoms. The molecule has 2 fully saturated rings. The number of nitrogens with one attached hydrogen (secondary N) is 1. The number of aliphatic hydroxyl groups is 1. The highest BCUT2D eigenvalue weighted by molar-refractivity contribution is 6.39. The highest BCUT2D eigenvalue weighted by Crippen LogP contribution is 2.19. The zero-order chi connectivity index (χ0) is 19.2. The lowest BCUT2D eigenvalue weighted by molar-refractivity contribution is -0.144. The number of hydrogen-bond acceptors (Lipinski definition) is 6. The van der Waals surface area contributed by atoms with E-state index in [4.69, 9.17) is 5.11 Å². The van der Waals surface area contributed by atoms with Crippen molar-refractivity contribution in [2.45, 2.75) is 0 Å². The minimum Gasteiger partial charge on any atom is -0.395 e. The second kappa shape index (κ2) is 9.16. The molecule has 2 aliphatic rings. The van der Waals surface area contributed by atoms with E-state index in [1.165, 1.54) is 0 Å². The van der Waals surface area contributed by atoms with E-state index in [0.29, 0.717) is 38.4 Å². The van der Waals surface area contributed by atoms with Crippen LogP contribution < -0.4 is 10.2 Å². The van der Waals surface area contributed by atoms with Crippen LogP contribution >= 0.6 is 0 Å². The van der Waals surface area contributed by atoms with Gasteiger partial charge in [-0.3, -0.25) is 14.5 Å². The van der Waals surface area contributed by atoms with Crippen LogP contribution in [0.2, 0.25) is 0 Å². The zero-order valence-electron chi connectivity index (χ0n) is 15.9. The van der Waals surface area contributed by atoms with Crippen LogP contribution in [-0.2, 0) is 9.59 Å². The topological polar surface area (TPSA) is 79.4 Å². The van der Waals surface area contributed by atoms with E-state index >= 15 is 0 Å². The molecule has 0 spiro atoms. The third-order valence-electron chi connectivity index (χ3n) is 5.26. The predicted octanol–water partition coefficient (Wildman–Crippen LogP) is -0.487. The molecular weight excluding hydrogens is 346 g/mol. The number of rotatable bonds is 4. The molecule has 0 saturated carbocycles. The maximum atomic E-state index is 12.3. The zero-order valence-corrected chi connectivity index (χ0v) is 15.9. The number of amides is 2. The Bertz CT molecular complexity index is 635. The fraction of sp³-hybridized carbons (Fsp3) is 0.579. The summed E-state index contributed by atoms with van der Waals surface area (Å²) < 4.78 is 0. The van der Waals surface area contributed by atoms with Crippen molar-refractivity contribution in [2.75, 3.05) is 82.8 Å². The highest BCUT2D eigenvalue weighted by atomic mass is 16.3. The van der Waals surface area contributed by atoms with Gasteiger partial charge in [-0.25, -0.2) is 0 Å². The predicted molar refractivity (Wildman–Crippen MR) is 105 cm³/mol. The maximum absolute atomic E-state index is 12.3. The SMILES string of the molecule is CN1CCN(c2ccc(NC(=O)C(=O)N3CCN(CCO)CC3)cc2)CC1. The quantitative estimate of drug-likeness (QED) is 0.692. The molecule has 3 rings (SSSR count). The lowest BCUT2D eigenvalue weighted by Crippen LogP contribution is -2.52. The van der Waals surface area contributed by atoms with Crippen LogP contribution in [-0.4, -0.2) is 104 Å². The average Bonchev–Trinajstić information content (AvgIpc) is 2.69. The van der Waals surface area contributed by atoms with Crippen molar-refractivity contribution < 1.29 is 14.7 Å². The van der Waals surface area contributed by atoms with Crippen LogP contribution in [0.25, 0.3) is 0 Å². The number of nitrogens with zero attached hydrogens (tertiary/aromatic N) is 4. The smallest absolute Gasteiger partial charge is 0.313 e. The summed E-state index contributed by atoms with van der Waals surface area (Å²) in [5, 5.41) is 11.7. The van der Waals surface area contributed by atoms with Gasteiger partial charge in [-0.05, 0) is 31.3 Å². The first-order valence-electron chi connectivity index (χ1n) is 9.54. The Labute approximate surface area is 160 Å². The van der Waals surface area contributed by atoms with Gasteiger partial charge in [-0.2, -0.15) is 0 Å². The normalized spacial score (nSPS) is 19.2. The molecule has 0 unspecified atom stereocenters. The van der Waals surface area contributed by atoms with E-state index in [1.54, 1.807) is 4.90 Å². The molecular formula is C19H29N5O3. The van der Waals surface area contributed by atoms with E-state index in [0.717, 1.165) is 31.9 Å². The van der Waals surface area contributed by atoms with Crippen LogP contribution in [0.5, 0.6) is 0 Å². The summed E-state index contributed by atoms with van der Waals surface area (Å²) >= 11 is 0. The summed E-state index contributed by atoms with van der Waals surface area (Å²) in [6.07, 6.45) is 0. The van der Waals surface area contributed by atoms with Gasteiger partial charge in [0.1, 0.15) is 0 Å². The lowest BCUT2D eigenvalue weighted by Gasteiger charge is -2.34. The number of aliphatic hydroxyl groups excluding tert-OH is 1. The van der Waals surface area contributed by atoms with Crippen molar-refractivity contribution in [3.8, 4) is 0 Å². The summed E-state index contributed by atoms with van der Waals surface area (Å²) in [5.41, 5.74) is 1.76. The Morgan fingerprint density at radius 2 is 1.59 bits per heavy atom. The Morgan fingerprint density at radius 1 is 0.963 bits per heavy atom. The molecule has 0 radical (unpaired) electrons. The van der Waals surface area contributed by atoms with Gasteiger partial charge in [-0.15, -0.1) is 0 Å². The van der Waals surface area contributed by atoms with E-state index < -0.39 is 11.8 Å². The van der Waals surface area contributed by atoms with E-state index in [9.17, 15) is 9.59 Å². The molecule has 2 N–H and O–H groups in total. The van der Waals surface area contributed by atoms with E-state index in [-0.39, 0.29) is 6.61 Å². The maximum Gasteiger partial charge on any atom is 0.313 e. The minimum absolute atomic E-state index is 0.110. The first-order chi connectivity index (χ1) is 13.1. The van der Waals surface area contributed by atoms with Gasteiger partial charge in [-0.1, -0.05) is 0 Å². The fourth-order valence-corrected chi connectivity index (χ4v) is 3.46. The van der Waals surface area contributed by atoms with Crippen molar-refractivity contribution in [3.05, 3.63) is 24.3 Å². The molecule has 2 saturated heterocycles. The molecule has 0 aromatic heterocycles. The minimum atomic E-state index is -0.599. The molecule has 0 bridgehead atoms. The Balaban J connectivity index is 1.49. The Kier molecular flexibility index (Phi) is 6.65. The van der Waals surface area contributed by atoms with Gasteiger partial charge < -0.3 is 25.1 Å². The summed E-state index contributed by atoms with van der Waals surface area (Å²) in [6, 6.07) is 7.66. The van der Waals surface area contributed by atoms with Crippen molar-refractivity contribution in [2.24, 2.45) is 0 Å². The highest BCUT2D eigenvalue weighted by Gasteiger charge is 2.26. The molecule has 1 aromatic rings. The van der Waals surface area contributed by atoms with E-state index in [2.05, 4.69) is 27.1 Å². The first kappa shape index (κ1) is 19.6. The third-order valence-corrected chi connectivity index (χ3v) is 5.26. The fourth-order valence-electron chi connectivity index (χ4n) is 3.46. The molecule has 0 aliphatic carbocycles. The number of benzene rings is 1. The molecule has 2 aliphatic heterocycles. The monoisotopic (exact) mass is 375 g/mol. The average molecular weight is 375 g/mol. The van der Waals surface area contributed by atoms with Gasteiger partial charge in [0.25, 0.3) is 0 Å². The second-order valence-corrected chi connectivity index (χ2v) is 7.15. The number of hydrogen-bond donors (Lipinski definition) is 2. The molecule has 148 valence electrons. The van der Waals surface area contributed by atoms with Gasteiger partial charge in [0.15, 0.2) is 0 Å². The summed E-state index contributed by atoms with van der Waals surface area (Å²) in [4.78, 5) is 32.9. The molecule has 27 heavy (non-hydrogen) atoms. The van der Waals surface area contributed by atoms with Gasteiger partial charge >= 0.3 is 11.8 Å². The number of likely N-dealkylation sites (N-methyl/N-ethyl adjacent to an activating group) is 1. The van der Waals surface area contributed by atoms with Crippen LogP contribution in [0.4, 0.5) is 11.4 Å². The van der Waals surface area contributed by atoms with Gasteiger partial charge in [0, 0.05) is 70.3 Å². The standard InChI is InChI=1S/C19H29N5O3/c1-21-6-10-23(11-7-21)17-4-2-16(3-5-17)20-18(26)19(27)24-12-8-22(9-13-24)14-15-25/h2-5,25H,6-15H2,1H3,(H,20,26). The molecule has 0 atom stereocenters. The second-order valence-electron chi connectivity index (χ2n) is 7.15. The number of carbonyl (C=O) groups excluding carboxylic acids is 2. The number of β-amino-alcohol motifs (C(OH)–C–C–N with tert-alkyl or cyclic N) is 1. The number of anilines is 2. The first-order valence-corrected chi connectivity index (χ1v) is 9.54. The summed E-state index contributed by atoms with van der Waals surface area (Å²) in [6.45, 7) is 7.15. The number of carbonyl (C=O) groups is 2. The van der Waals surface area contributed by atoms with Crippen LogP contribution in [0, 0.1) is 0 Å². The Hall–Kier alpha value is -2.16. The van der Waals surface area contributed by atoms with Crippen LogP contribution in [0.3, 0.4) is 0 Å². The third kappa shape index (κ3) is 5.18. The van der Waals surface area contributed by atoms with E-state index in [1.807, 2.05) is 24.3 Å². The molecule has 2 amide bonds. The van der Waals surface area contributed by atoms with Crippen molar-refractivity contribution in [1.82, 2.24) is 14.7 Å². The Morgan fingerprint density at radius 3 is 2.19 bits per heavy atom. The molecule has 2 heterocycles. The van der Waals surface area contributed by atoms with Gasteiger partial charge in [0.2, 0.25) is 0 Å². The van der Waals surface area contributed by atoms with Crippen molar-refractivity contribution in [1.29, 1.82) is 0 Å². The van der Waals surface area contributed by atoms with Gasteiger partial charge in [0.05, 0.1) is 6.61 Å². The van der Waals surface area contributed by atoms with Crippen LogP contribution in [0.1, 0.15) is 0 Å². The van der Waals surface area contributed by atoms with Crippen LogP contribution in [0.15, 0.2) is 24.3 Å². The van der Waals surface area contributed by atoms with Crippen molar-refractivity contribution in [3.63, 3.8) is 0 Å². The van der Waals surface area contributed by atoms with Crippen molar-refractivity contribution >= 4 is 23.2 Å².